The van der Waals surface area contributed by atoms with Crippen LogP contribution in [0.5, 0.6) is 5.75 Å². The van der Waals surface area contributed by atoms with Crippen LogP contribution in [0.25, 0.3) is 0 Å². The minimum absolute atomic E-state index is 0.338. The molecule has 1 heterocycles. The molecule has 0 fully saturated rings. The summed E-state index contributed by atoms with van der Waals surface area (Å²) < 4.78 is 10.5. The predicted octanol–water partition coefficient (Wildman–Crippen LogP) is 1.76. The smallest absolute Gasteiger partial charge is 0.347 e. The van der Waals surface area contributed by atoms with Gasteiger partial charge in [0.1, 0.15) is 12.0 Å². The van der Waals surface area contributed by atoms with Crippen molar-refractivity contribution >= 4 is 12.3 Å². The van der Waals surface area contributed by atoms with Gasteiger partial charge < -0.3 is 9.47 Å². The molecule has 1 aromatic rings. The van der Waals surface area contributed by atoms with Gasteiger partial charge in [0.15, 0.2) is 6.10 Å². The number of benzene rings is 1. The van der Waals surface area contributed by atoms with Gasteiger partial charge in [0.25, 0.3) is 0 Å². The molecule has 17 heavy (non-hydrogen) atoms. The van der Waals surface area contributed by atoms with E-state index in [4.69, 9.17) is 9.47 Å². The van der Waals surface area contributed by atoms with Crippen LogP contribution in [-0.2, 0) is 16.0 Å². The van der Waals surface area contributed by atoms with Gasteiger partial charge in [-0.25, -0.2) is 4.79 Å². The molecule has 1 atom stereocenters. The SMILES string of the molecule is CCOC(=O)C1CCc2ccc(C=O)cc2O1. The number of rotatable bonds is 3. The number of esters is 1. The molecule has 1 aromatic carbocycles. The van der Waals surface area contributed by atoms with E-state index in [0.29, 0.717) is 24.3 Å². The Balaban J connectivity index is 2.16. The van der Waals surface area contributed by atoms with Crippen molar-refractivity contribution in [1.82, 2.24) is 0 Å². The van der Waals surface area contributed by atoms with Crippen molar-refractivity contribution in [3.8, 4) is 5.75 Å². The molecule has 0 radical (unpaired) electrons. The molecule has 1 unspecified atom stereocenters. The molecular weight excluding hydrogens is 220 g/mol. The first-order valence-corrected chi connectivity index (χ1v) is 5.66. The molecule has 1 aliphatic heterocycles. The molecule has 0 bridgehead atoms. The maximum atomic E-state index is 11.5. The zero-order valence-electron chi connectivity index (χ0n) is 9.64. The summed E-state index contributed by atoms with van der Waals surface area (Å²) in [5, 5.41) is 0. The molecule has 0 saturated heterocycles. The third kappa shape index (κ3) is 2.46. The average molecular weight is 234 g/mol. The van der Waals surface area contributed by atoms with E-state index in [1.54, 1.807) is 19.1 Å². The van der Waals surface area contributed by atoms with Crippen LogP contribution in [0.3, 0.4) is 0 Å². The lowest BCUT2D eigenvalue weighted by Gasteiger charge is -2.24. The summed E-state index contributed by atoms with van der Waals surface area (Å²) in [5.74, 6) is 0.272. The zero-order chi connectivity index (χ0) is 12.3. The number of aldehydes is 1. The lowest BCUT2D eigenvalue weighted by Crippen LogP contribution is -2.32. The fourth-order valence-electron chi connectivity index (χ4n) is 1.86. The van der Waals surface area contributed by atoms with Gasteiger partial charge in [-0.2, -0.15) is 0 Å². The normalized spacial score (nSPS) is 17.8. The summed E-state index contributed by atoms with van der Waals surface area (Å²) in [6.07, 6.45) is 1.59. The zero-order valence-corrected chi connectivity index (χ0v) is 9.64. The third-order valence-electron chi connectivity index (χ3n) is 2.72. The van der Waals surface area contributed by atoms with Gasteiger partial charge in [-0.3, -0.25) is 4.79 Å². The minimum Gasteiger partial charge on any atom is -0.478 e. The van der Waals surface area contributed by atoms with Crippen molar-refractivity contribution in [3.05, 3.63) is 29.3 Å². The van der Waals surface area contributed by atoms with Crippen molar-refractivity contribution in [1.29, 1.82) is 0 Å². The van der Waals surface area contributed by atoms with Crippen LogP contribution < -0.4 is 4.74 Å². The summed E-state index contributed by atoms with van der Waals surface area (Å²) in [5.41, 5.74) is 1.57. The van der Waals surface area contributed by atoms with Gasteiger partial charge in [0, 0.05) is 5.56 Å². The molecular formula is C13H14O4. The predicted molar refractivity (Wildman–Crippen MR) is 61.2 cm³/mol. The van der Waals surface area contributed by atoms with E-state index in [9.17, 15) is 9.59 Å². The Bertz CT molecular complexity index is 439. The van der Waals surface area contributed by atoms with E-state index >= 15 is 0 Å². The molecule has 4 nitrogen and oxygen atoms in total. The second kappa shape index (κ2) is 4.99. The largest absolute Gasteiger partial charge is 0.478 e. The number of hydrogen-bond donors (Lipinski definition) is 0. The number of aryl methyl sites for hydroxylation is 1. The van der Waals surface area contributed by atoms with Crippen molar-refractivity contribution in [3.63, 3.8) is 0 Å². The van der Waals surface area contributed by atoms with Gasteiger partial charge in [-0.1, -0.05) is 12.1 Å². The molecule has 0 aromatic heterocycles. The average Bonchev–Trinajstić information content (AvgIpc) is 2.37. The molecule has 0 aliphatic carbocycles. The van der Waals surface area contributed by atoms with Crippen LogP contribution >= 0.6 is 0 Å². The van der Waals surface area contributed by atoms with Crippen LogP contribution in [0, 0.1) is 0 Å². The summed E-state index contributed by atoms with van der Waals surface area (Å²) >= 11 is 0. The quantitative estimate of drug-likeness (QED) is 0.590. The van der Waals surface area contributed by atoms with Gasteiger partial charge in [0.2, 0.25) is 0 Å². The molecule has 4 heteroatoms. The third-order valence-corrected chi connectivity index (χ3v) is 2.72. The number of fused-ring (bicyclic) bond motifs is 1. The number of hydrogen-bond acceptors (Lipinski definition) is 4. The fraction of sp³-hybridized carbons (Fsp3) is 0.385. The Morgan fingerprint density at radius 2 is 2.41 bits per heavy atom. The Morgan fingerprint density at radius 3 is 3.12 bits per heavy atom. The van der Waals surface area contributed by atoms with Gasteiger partial charge in [0.05, 0.1) is 6.61 Å². The van der Waals surface area contributed by atoms with Gasteiger partial charge in [-0.15, -0.1) is 0 Å². The molecule has 0 amide bonds. The Labute approximate surface area is 99.5 Å². The number of carbonyl (C=O) groups is 2. The van der Waals surface area contributed by atoms with E-state index in [0.717, 1.165) is 18.3 Å². The van der Waals surface area contributed by atoms with E-state index in [2.05, 4.69) is 0 Å². The van der Waals surface area contributed by atoms with Crippen LogP contribution in [0.15, 0.2) is 18.2 Å². The van der Waals surface area contributed by atoms with Crippen LogP contribution in [0.1, 0.15) is 29.3 Å². The summed E-state index contributed by atoms with van der Waals surface area (Å²) in [4.78, 5) is 22.2. The Morgan fingerprint density at radius 1 is 1.59 bits per heavy atom. The van der Waals surface area contributed by atoms with E-state index in [1.807, 2.05) is 6.07 Å². The standard InChI is InChI=1S/C13H14O4/c1-2-16-13(15)11-6-5-10-4-3-9(8-14)7-12(10)17-11/h3-4,7-8,11H,2,5-6H2,1H3. The highest BCUT2D eigenvalue weighted by Gasteiger charge is 2.27. The lowest BCUT2D eigenvalue weighted by molar-refractivity contribution is -0.152. The van der Waals surface area contributed by atoms with Crippen molar-refractivity contribution < 1.29 is 19.1 Å². The number of ether oxygens (including phenoxy) is 2. The maximum Gasteiger partial charge on any atom is 0.347 e. The highest BCUT2D eigenvalue weighted by molar-refractivity contribution is 5.77. The van der Waals surface area contributed by atoms with Crippen molar-refractivity contribution in [2.75, 3.05) is 6.61 Å². The first kappa shape index (κ1) is 11.6. The second-order valence-electron chi connectivity index (χ2n) is 3.88. The summed E-state index contributed by atoms with van der Waals surface area (Å²) in [7, 11) is 0. The summed E-state index contributed by atoms with van der Waals surface area (Å²) in [6, 6.07) is 5.27. The Kier molecular flexibility index (Phi) is 3.42. The summed E-state index contributed by atoms with van der Waals surface area (Å²) in [6.45, 7) is 2.11. The molecule has 0 spiro atoms. The molecule has 0 saturated carbocycles. The maximum absolute atomic E-state index is 11.5. The van der Waals surface area contributed by atoms with Crippen molar-refractivity contribution in [2.45, 2.75) is 25.9 Å². The topological polar surface area (TPSA) is 52.6 Å². The van der Waals surface area contributed by atoms with E-state index in [1.165, 1.54) is 0 Å². The monoisotopic (exact) mass is 234 g/mol. The number of carbonyl (C=O) groups excluding carboxylic acids is 2. The van der Waals surface area contributed by atoms with E-state index < -0.39 is 6.10 Å². The minimum atomic E-state index is -0.552. The highest BCUT2D eigenvalue weighted by atomic mass is 16.6. The van der Waals surface area contributed by atoms with Gasteiger partial charge in [-0.05, 0) is 31.4 Å². The lowest BCUT2D eigenvalue weighted by atomic mass is 10.0. The molecule has 1 aliphatic rings. The first-order chi connectivity index (χ1) is 8.24. The highest BCUT2D eigenvalue weighted by Crippen LogP contribution is 2.28. The van der Waals surface area contributed by atoms with Crippen LogP contribution in [0.4, 0.5) is 0 Å². The first-order valence-electron chi connectivity index (χ1n) is 5.66. The molecule has 2 rings (SSSR count). The van der Waals surface area contributed by atoms with Crippen LogP contribution in [-0.4, -0.2) is 25.0 Å². The van der Waals surface area contributed by atoms with Gasteiger partial charge >= 0.3 is 5.97 Å². The molecule has 90 valence electrons. The van der Waals surface area contributed by atoms with Crippen LogP contribution in [0.2, 0.25) is 0 Å². The van der Waals surface area contributed by atoms with Crippen molar-refractivity contribution in [2.24, 2.45) is 0 Å². The second-order valence-corrected chi connectivity index (χ2v) is 3.88. The molecule has 0 N–H and O–H groups in total. The van der Waals surface area contributed by atoms with E-state index in [-0.39, 0.29) is 5.97 Å². The fourth-order valence-corrected chi connectivity index (χ4v) is 1.86. The Hall–Kier alpha value is -1.84.